The third-order valence-corrected chi connectivity index (χ3v) is 4.06. The number of aromatic nitrogens is 2. The van der Waals surface area contributed by atoms with Crippen molar-refractivity contribution in [2.45, 2.75) is 13.0 Å². The number of nitrogens with one attached hydrogen (secondary N) is 1. The van der Waals surface area contributed by atoms with Crippen LogP contribution in [0.1, 0.15) is 15.9 Å². The third-order valence-electron chi connectivity index (χ3n) is 4.06. The zero-order valence-electron chi connectivity index (χ0n) is 15.0. The minimum Gasteiger partial charge on any atom is -0.435 e. The first-order valence-corrected chi connectivity index (χ1v) is 8.53. The van der Waals surface area contributed by atoms with Crippen LogP contribution in [0.3, 0.4) is 0 Å². The monoisotopic (exact) mass is 402 g/mol. The van der Waals surface area contributed by atoms with E-state index in [1.807, 2.05) is 0 Å². The van der Waals surface area contributed by atoms with E-state index < -0.39 is 17.4 Å². The molecule has 1 heterocycles. The van der Waals surface area contributed by atoms with Gasteiger partial charge in [-0.15, -0.1) is 0 Å². The van der Waals surface area contributed by atoms with E-state index in [9.17, 15) is 23.7 Å². The van der Waals surface area contributed by atoms with Crippen molar-refractivity contribution in [3.8, 4) is 11.4 Å². The lowest BCUT2D eigenvalue weighted by atomic mass is 10.1. The Balaban J connectivity index is 1.62. The van der Waals surface area contributed by atoms with Crippen LogP contribution in [0.2, 0.25) is 0 Å². The van der Waals surface area contributed by atoms with Gasteiger partial charge in [-0.2, -0.15) is 8.78 Å². The minimum atomic E-state index is -2.88. The third kappa shape index (κ3) is 5.12. The van der Waals surface area contributed by atoms with Crippen molar-refractivity contribution in [1.29, 1.82) is 0 Å². The maximum absolute atomic E-state index is 12.3. The number of nitro groups is 1. The van der Waals surface area contributed by atoms with Crippen LogP contribution in [0, 0.1) is 10.1 Å². The smallest absolute Gasteiger partial charge is 0.387 e. The molecule has 1 aromatic heterocycles. The van der Waals surface area contributed by atoms with E-state index in [1.165, 1.54) is 47.4 Å². The van der Waals surface area contributed by atoms with Crippen LogP contribution in [0.25, 0.3) is 5.69 Å². The van der Waals surface area contributed by atoms with E-state index in [0.29, 0.717) is 12.1 Å². The zero-order chi connectivity index (χ0) is 20.8. The molecule has 0 aliphatic rings. The molecule has 1 N–H and O–H groups in total. The molecule has 0 atom stereocenters. The Kier molecular flexibility index (Phi) is 6.12. The first-order chi connectivity index (χ1) is 13.9. The minimum absolute atomic E-state index is 0.0538. The Bertz CT molecular complexity index is 992. The van der Waals surface area contributed by atoms with Gasteiger partial charge in [0.15, 0.2) is 0 Å². The highest BCUT2D eigenvalue weighted by Gasteiger charge is 2.18. The van der Waals surface area contributed by atoms with Gasteiger partial charge >= 0.3 is 6.61 Å². The largest absolute Gasteiger partial charge is 0.435 e. The fourth-order valence-electron chi connectivity index (χ4n) is 2.69. The summed E-state index contributed by atoms with van der Waals surface area (Å²) in [6.07, 6.45) is 4.95. The van der Waals surface area contributed by atoms with Gasteiger partial charge in [0.1, 0.15) is 11.4 Å². The quantitative estimate of drug-likeness (QED) is 0.460. The molecule has 0 aliphatic carbocycles. The summed E-state index contributed by atoms with van der Waals surface area (Å²) in [7, 11) is 0. The highest BCUT2D eigenvalue weighted by Crippen LogP contribution is 2.24. The Labute approximate surface area is 163 Å². The summed E-state index contributed by atoms with van der Waals surface area (Å²) in [6, 6.07) is 10.3. The second kappa shape index (κ2) is 8.91. The van der Waals surface area contributed by atoms with Crippen molar-refractivity contribution in [2.75, 3.05) is 6.54 Å². The number of benzene rings is 2. The standard InChI is InChI=1S/C19H16F2N4O4/c20-19(21)29-15-4-1-13(2-5-15)7-8-23-18(26)14-3-6-16(17(11-14)25(27)28)24-10-9-22-12-24/h1-6,9-12,19H,7-8H2,(H,23,26). The highest BCUT2D eigenvalue weighted by atomic mass is 19.3. The molecule has 1 amide bonds. The van der Waals surface area contributed by atoms with Gasteiger partial charge in [-0.25, -0.2) is 4.98 Å². The number of halogens is 2. The lowest BCUT2D eigenvalue weighted by Gasteiger charge is -2.09. The van der Waals surface area contributed by atoms with Crippen molar-refractivity contribution in [2.24, 2.45) is 0 Å². The maximum atomic E-state index is 12.3. The number of hydrogen-bond acceptors (Lipinski definition) is 5. The number of hydrogen-bond donors (Lipinski definition) is 1. The number of rotatable bonds is 8. The highest BCUT2D eigenvalue weighted by molar-refractivity contribution is 5.95. The second-order valence-electron chi connectivity index (χ2n) is 5.96. The Morgan fingerprint density at radius 2 is 2.00 bits per heavy atom. The molecule has 0 aliphatic heterocycles. The summed E-state index contributed by atoms with van der Waals surface area (Å²) < 4.78 is 30.0. The number of ether oxygens (including phenoxy) is 1. The van der Waals surface area contributed by atoms with Crippen LogP contribution in [0.4, 0.5) is 14.5 Å². The topological polar surface area (TPSA) is 99.3 Å². The van der Waals surface area contributed by atoms with Crippen LogP contribution >= 0.6 is 0 Å². The second-order valence-corrected chi connectivity index (χ2v) is 5.96. The molecule has 3 aromatic rings. The Morgan fingerprint density at radius 1 is 1.24 bits per heavy atom. The Hall–Kier alpha value is -3.82. The summed E-state index contributed by atoms with van der Waals surface area (Å²) >= 11 is 0. The first-order valence-electron chi connectivity index (χ1n) is 8.53. The number of carbonyl (C=O) groups excluding carboxylic acids is 1. The van der Waals surface area contributed by atoms with Crippen LogP contribution in [0.15, 0.2) is 61.2 Å². The predicted octanol–water partition coefficient (Wildman–Crippen LogP) is 3.35. The van der Waals surface area contributed by atoms with Gasteiger partial charge < -0.3 is 14.6 Å². The van der Waals surface area contributed by atoms with E-state index in [-0.39, 0.29) is 23.5 Å². The van der Waals surface area contributed by atoms with Gasteiger partial charge in [0.2, 0.25) is 0 Å². The molecule has 150 valence electrons. The molecule has 8 nitrogen and oxygen atoms in total. The van der Waals surface area contributed by atoms with Crippen LogP contribution in [-0.4, -0.2) is 33.5 Å². The van der Waals surface area contributed by atoms with Gasteiger partial charge in [-0.1, -0.05) is 12.1 Å². The maximum Gasteiger partial charge on any atom is 0.387 e. The summed E-state index contributed by atoms with van der Waals surface area (Å²) in [4.78, 5) is 27.0. The van der Waals surface area contributed by atoms with Gasteiger partial charge in [0, 0.05) is 30.6 Å². The van der Waals surface area contributed by atoms with Gasteiger partial charge in [0.05, 0.1) is 11.3 Å². The number of nitro benzene ring substituents is 1. The molecule has 0 unspecified atom stereocenters. The van der Waals surface area contributed by atoms with Gasteiger partial charge in [-0.3, -0.25) is 14.9 Å². The van der Waals surface area contributed by atoms with Crippen molar-refractivity contribution in [1.82, 2.24) is 14.9 Å². The van der Waals surface area contributed by atoms with Crippen molar-refractivity contribution < 1.29 is 23.2 Å². The molecule has 10 heteroatoms. The molecule has 3 rings (SSSR count). The normalized spacial score (nSPS) is 10.7. The summed E-state index contributed by atoms with van der Waals surface area (Å²) in [5.74, 6) is -0.402. The van der Waals surface area contributed by atoms with Crippen molar-refractivity contribution in [3.05, 3.63) is 82.4 Å². The zero-order valence-corrected chi connectivity index (χ0v) is 15.0. The fourth-order valence-corrected chi connectivity index (χ4v) is 2.69. The molecule has 0 spiro atoms. The molecule has 29 heavy (non-hydrogen) atoms. The molecular formula is C19H16F2N4O4. The molecule has 2 aromatic carbocycles. The van der Waals surface area contributed by atoms with Gasteiger partial charge in [0.25, 0.3) is 11.6 Å². The van der Waals surface area contributed by atoms with Crippen molar-refractivity contribution in [3.63, 3.8) is 0 Å². The number of carbonyl (C=O) groups is 1. The fraction of sp³-hybridized carbons (Fsp3) is 0.158. The average molecular weight is 402 g/mol. The lowest BCUT2D eigenvalue weighted by molar-refractivity contribution is -0.384. The van der Waals surface area contributed by atoms with Crippen molar-refractivity contribution >= 4 is 11.6 Å². The lowest BCUT2D eigenvalue weighted by Crippen LogP contribution is -2.25. The average Bonchev–Trinajstić information content (AvgIpc) is 3.23. The first kappa shape index (κ1) is 19.9. The van der Waals surface area contributed by atoms with E-state index in [0.717, 1.165) is 5.56 Å². The van der Waals surface area contributed by atoms with E-state index in [1.54, 1.807) is 18.3 Å². The van der Waals surface area contributed by atoms with Gasteiger partial charge in [-0.05, 0) is 36.2 Å². The molecule has 0 saturated carbocycles. The number of nitrogens with zero attached hydrogens (tertiary/aromatic N) is 3. The molecule has 0 fully saturated rings. The van der Waals surface area contributed by atoms with E-state index >= 15 is 0 Å². The molecule has 0 saturated heterocycles. The molecule has 0 bridgehead atoms. The predicted molar refractivity (Wildman–Crippen MR) is 99.3 cm³/mol. The molecule has 0 radical (unpaired) electrons. The number of imidazole rings is 1. The van der Waals surface area contributed by atoms with Crippen LogP contribution in [-0.2, 0) is 6.42 Å². The molecular weight excluding hydrogens is 386 g/mol. The number of alkyl halides is 2. The van der Waals surface area contributed by atoms with Crippen LogP contribution in [0.5, 0.6) is 5.75 Å². The van der Waals surface area contributed by atoms with E-state index in [2.05, 4.69) is 15.0 Å². The summed E-state index contributed by atoms with van der Waals surface area (Å²) in [5.41, 5.74) is 1.05. The van der Waals surface area contributed by atoms with E-state index in [4.69, 9.17) is 0 Å². The number of amides is 1. The SMILES string of the molecule is O=C(NCCc1ccc(OC(F)F)cc1)c1ccc(-n2ccnc2)c([N+](=O)[O-])c1. The summed E-state index contributed by atoms with van der Waals surface area (Å²) in [6.45, 7) is -2.62. The summed E-state index contributed by atoms with van der Waals surface area (Å²) in [5, 5.41) is 14.1. The Morgan fingerprint density at radius 3 is 2.62 bits per heavy atom. The van der Waals surface area contributed by atoms with Crippen LogP contribution < -0.4 is 10.1 Å².